The molecule has 1 aliphatic heterocycles. The minimum Gasteiger partial charge on any atom is -0.352 e. The van der Waals surface area contributed by atoms with Crippen molar-refractivity contribution in [3.8, 4) is 0 Å². The molecule has 0 atom stereocenters. The molecule has 8 heteroatoms. The van der Waals surface area contributed by atoms with Gasteiger partial charge in [0.2, 0.25) is 10.0 Å². The van der Waals surface area contributed by atoms with Crippen LogP contribution in [0.2, 0.25) is 0 Å². The summed E-state index contributed by atoms with van der Waals surface area (Å²) in [4.78, 5) is 17.6. The number of benzene rings is 2. The fourth-order valence-electron chi connectivity index (χ4n) is 3.82. The van der Waals surface area contributed by atoms with Crippen molar-refractivity contribution in [2.24, 2.45) is 0 Å². The van der Waals surface area contributed by atoms with Gasteiger partial charge in [-0.1, -0.05) is 43.3 Å². The van der Waals surface area contributed by atoms with Crippen molar-refractivity contribution >= 4 is 15.9 Å². The van der Waals surface area contributed by atoms with Gasteiger partial charge in [-0.25, -0.2) is 13.1 Å². The Hall–Kier alpha value is -2.26. The molecule has 32 heavy (non-hydrogen) atoms. The molecule has 0 spiro atoms. The molecule has 2 N–H and O–H groups in total. The number of amides is 1. The van der Waals surface area contributed by atoms with Crippen LogP contribution in [-0.2, 0) is 16.6 Å². The van der Waals surface area contributed by atoms with Gasteiger partial charge in [0.25, 0.3) is 5.91 Å². The quantitative estimate of drug-likeness (QED) is 0.534. The molecule has 1 fully saturated rings. The van der Waals surface area contributed by atoms with Crippen molar-refractivity contribution in [1.29, 1.82) is 0 Å². The predicted octanol–water partition coefficient (Wildman–Crippen LogP) is 2.23. The third-order valence-corrected chi connectivity index (χ3v) is 7.44. The van der Waals surface area contributed by atoms with E-state index in [0.29, 0.717) is 17.7 Å². The molecular formula is C24H34N4O3S. The molecule has 1 heterocycles. The Labute approximate surface area is 191 Å². The Balaban J connectivity index is 1.52. The number of hydrogen-bond acceptors (Lipinski definition) is 5. The van der Waals surface area contributed by atoms with Gasteiger partial charge in [0.15, 0.2) is 0 Å². The third kappa shape index (κ3) is 6.87. The number of likely N-dealkylation sites (N-methyl/N-ethyl adjacent to an activating group) is 1. The van der Waals surface area contributed by atoms with Gasteiger partial charge in [-0.2, -0.15) is 0 Å². The van der Waals surface area contributed by atoms with Crippen molar-refractivity contribution in [1.82, 2.24) is 19.8 Å². The summed E-state index contributed by atoms with van der Waals surface area (Å²) in [5.74, 6) is -0.250. The summed E-state index contributed by atoms with van der Waals surface area (Å²) in [6.45, 7) is 11.1. The van der Waals surface area contributed by atoms with Gasteiger partial charge < -0.3 is 15.1 Å². The molecule has 0 radical (unpaired) electrons. The smallest absolute Gasteiger partial charge is 0.251 e. The molecule has 0 bridgehead atoms. The molecule has 1 aliphatic rings. The summed E-state index contributed by atoms with van der Waals surface area (Å²) in [5.41, 5.74) is 1.83. The normalized spacial score (nSPS) is 15.6. The average molecular weight is 459 g/mol. The molecule has 0 aromatic heterocycles. The van der Waals surface area contributed by atoms with E-state index < -0.39 is 10.0 Å². The molecule has 2 aromatic rings. The SMILES string of the molecule is CCN1CCN(CCCNC(=O)c2ccc(C)c(S(=O)(=O)NCc3ccccc3)c2)CC1. The summed E-state index contributed by atoms with van der Waals surface area (Å²) >= 11 is 0. The molecule has 0 unspecified atom stereocenters. The van der Waals surface area contributed by atoms with E-state index in [1.54, 1.807) is 19.1 Å². The number of carbonyl (C=O) groups is 1. The molecular weight excluding hydrogens is 424 g/mol. The number of nitrogens with zero attached hydrogens (tertiary/aromatic N) is 2. The van der Waals surface area contributed by atoms with Gasteiger partial charge >= 0.3 is 0 Å². The third-order valence-electron chi connectivity index (χ3n) is 5.90. The fraction of sp³-hybridized carbons (Fsp3) is 0.458. The van der Waals surface area contributed by atoms with Gasteiger partial charge in [0.1, 0.15) is 0 Å². The number of hydrogen-bond donors (Lipinski definition) is 2. The second-order valence-electron chi connectivity index (χ2n) is 8.18. The van der Waals surface area contributed by atoms with Crippen molar-refractivity contribution in [3.63, 3.8) is 0 Å². The van der Waals surface area contributed by atoms with Crippen LogP contribution in [0.25, 0.3) is 0 Å². The summed E-state index contributed by atoms with van der Waals surface area (Å²) in [7, 11) is -3.73. The lowest BCUT2D eigenvalue weighted by atomic mass is 10.1. The van der Waals surface area contributed by atoms with Crippen LogP contribution in [0.1, 0.15) is 34.8 Å². The number of rotatable bonds is 10. The zero-order chi connectivity index (χ0) is 23.0. The summed E-state index contributed by atoms with van der Waals surface area (Å²) < 4.78 is 28.3. The standard InChI is InChI=1S/C24H34N4O3S/c1-3-27-14-16-28(17-15-27)13-7-12-25-24(29)22-11-10-20(2)23(18-22)32(30,31)26-19-21-8-5-4-6-9-21/h4-6,8-11,18,26H,3,7,12-17,19H2,1-2H3,(H,25,29). The highest BCUT2D eigenvalue weighted by atomic mass is 32.2. The Bertz CT molecular complexity index is 988. The van der Waals surface area contributed by atoms with E-state index in [2.05, 4.69) is 26.8 Å². The number of piperazine rings is 1. The lowest BCUT2D eigenvalue weighted by molar-refractivity contribution is 0.0948. The van der Waals surface area contributed by atoms with Crippen LogP contribution in [0.3, 0.4) is 0 Å². The minimum absolute atomic E-state index is 0.134. The number of sulfonamides is 1. The van der Waals surface area contributed by atoms with E-state index in [4.69, 9.17) is 0 Å². The van der Waals surface area contributed by atoms with Gasteiger partial charge in [0, 0.05) is 44.8 Å². The van der Waals surface area contributed by atoms with Crippen LogP contribution in [0.15, 0.2) is 53.4 Å². The lowest BCUT2D eigenvalue weighted by Crippen LogP contribution is -2.46. The van der Waals surface area contributed by atoms with E-state index in [1.807, 2.05) is 30.3 Å². The van der Waals surface area contributed by atoms with Crippen molar-refractivity contribution in [3.05, 3.63) is 65.2 Å². The van der Waals surface area contributed by atoms with Crippen LogP contribution >= 0.6 is 0 Å². The maximum Gasteiger partial charge on any atom is 0.251 e. The lowest BCUT2D eigenvalue weighted by Gasteiger charge is -2.33. The van der Waals surface area contributed by atoms with Crippen LogP contribution in [0, 0.1) is 6.92 Å². The fourth-order valence-corrected chi connectivity index (χ4v) is 5.10. The first-order chi connectivity index (χ1) is 15.4. The van der Waals surface area contributed by atoms with Gasteiger partial charge in [-0.15, -0.1) is 0 Å². The van der Waals surface area contributed by atoms with E-state index in [0.717, 1.165) is 51.3 Å². The highest BCUT2D eigenvalue weighted by Crippen LogP contribution is 2.18. The number of carbonyl (C=O) groups excluding carboxylic acids is 1. The monoisotopic (exact) mass is 458 g/mol. The molecule has 1 saturated heterocycles. The molecule has 0 saturated carbocycles. The van der Waals surface area contributed by atoms with E-state index in [1.165, 1.54) is 6.07 Å². The highest BCUT2D eigenvalue weighted by Gasteiger charge is 2.19. The average Bonchev–Trinajstić information content (AvgIpc) is 2.81. The second kappa shape index (κ2) is 11.6. The zero-order valence-electron chi connectivity index (χ0n) is 19.0. The van der Waals surface area contributed by atoms with Gasteiger partial charge in [-0.05, 0) is 49.7 Å². The second-order valence-corrected chi connectivity index (χ2v) is 9.91. The summed E-state index contributed by atoms with van der Waals surface area (Å²) in [5, 5.41) is 2.92. The van der Waals surface area contributed by atoms with Gasteiger partial charge in [-0.3, -0.25) is 4.79 Å². The Morgan fingerprint density at radius 1 is 1.00 bits per heavy atom. The molecule has 2 aromatic carbocycles. The molecule has 174 valence electrons. The number of aryl methyl sites for hydroxylation is 1. The summed E-state index contributed by atoms with van der Waals surface area (Å²) in [6.07, 6.45) is 0.869. The Kier molecular flexibility index (Phi) is 8.81. The summed E-state index contributed by atoms with van der Waals surface area (Å²) in [6, 6.07) is 14.2. The van der Waals surface area contributed by atoms with E-state index in [9.17, 15) is 13.2 Å². The highest BCUT2D eigenvalue weighted by molar-refractivity contribution is 7.89. The van der Waals surface area contributed by atoms with Crippen LogP contribution in [0.5, 0.6) is 0 Å². The van der Waals surface area contributed by atoms with Crippen LogP contribution in [-0.4, -0.2) is 69.9 Å². The van der Waals surface area contributed by atoms with Crippen molar-refractivity contribution < 1.29 is 13.2 Å². The first kappa shape index (κ1) is 24.4. The molecule has 7 nitrogen and oxygen atoms in total. The zero-order valence-corrected chi connectivity index (χ0v) is 19.8. The molecule has 3 rings (SSSR count). The van der Waals surface area contributed by atoms with Crippen molar-refractivity contribution in [2.45, 2.75) is 31.7 Å². The molecule has 1 amide bonds. The van der Waals surface area contributed by atoms with Crippen LogP contribution < -0.4 is 10.0 Å². The Morgan fingerprint density at radius 2 is 1.69 bits per heavy atom. The maximum absolute atomic E-state index is 12.8. The maximum atomic E-state index is 12.8. The topological polar surface area (TPSA) is 81.8 Å². The molecule has 0 aliphatic carbocycles. The largest absolute Gasteiger partial charge is 0.352 e. The predicted molar refractivity (Wildman–Crippen MR) is 127 cm³/mol. The minimum atomic E-state index is -3.73. The van der Waals surface area contributed by atoms with Gasteiger partial charge in [0.05, 0.1) is 4.90 Å². The first-order valence-corrected chi connectivity index (χ1v) is 12.7. The van der Waals surface area contributed by atoms with Crippen molar-refractivity contribution in [2.75, 3.05) is 45.8 Å². The Morgan fingerprint density at radius 3 is 2.38 bits per heavy atom. The first-order valence-electron chi connectivity index (χ1n) is 11.3. The number of nitrogens with one attached hydrogen (secondary N) is 2. The van der Waals surface area contributed by atoms with E-state index in [-0.39, 0.29) is 17.3 Å². The van der Waals surface area contributed by atoms with E-state index >= 15 is 0 Å². The van der Waals surface area contributed by atoms with Crippen LogP contribution in [0.4, 0.5) is 0 Å².